The Morgan fingerprint density at radius 3 is 3.12 bits per heavy atom. The van der Waals surface area contributed by atoms with Gasteiger partial charge < -0.3 is 15.8 Å². The van der Waals surface area contributed by atoms with Gasteiger partial charge in [0.15, 0.2) is 0 Å². The molecule has 0 radical (unpaired) electrons. The normalized spacial score (nSPS) is 20.1. The van der Waals surface area contributed by atoms with Crippen molar-refractivity contribution >= 4 is 5.91 Å². The van der Waals surface area contributed by atoms with E-state index in [1.54, 1.807) is 13.0 Å². The van der Waals surface area contributed by atoms with Gasteiger partial charge in [0.1, 0.15) is 11.6 Å². The first kappa shape index (κ1) is 11.9. The molecular formula is C12H15FN2O2. The lowest BCUT2D eigenvalue weighted by atomic mass is 10.00. The molecule has 92 valence electrons. The molecule has 0 aromatic heterocycles. The third kappa shape index (κ3) is 2.55. The van der Waals surface area contributed by atoms with Crippen LogP contribution in [0.4, 0.5) is 4.39 Å². The first-order chi connectivity index (χ1) is 8.08. The molecule has 1 aromatic carbocycles. The minimum atomic E-state index is -0.574. The van der Waals surface area contributed by atoms with E-state index in [0.29, 0.717) is 24.3 Å². The van der Waals surface area contributed by atoms with Gasteiger partial charge in [0.25, 0.3) is 0 Å². The second-order valence-electron chi connectivity index (χ2n) is 4.17. The summed E-state index contributed by atoms with van der Waals surface area (Å²) < 4.78 is 18.6. The van der Waals surface area contributed by atoms with Gasteiger partial charge in [-0.3, -0.25) is 4.79 Å². The van der Waals surface area contributed by atoms with Crippen molar-refractivity contribution in [2.24, 2.45) is 5.73 Å². The number of fused-ring (bicyclic) bond motifs is 1. The molecule has 3 N–H and O–H groups in total. The number of carbonyl (C=O) groups is 1. The van der Waals surface area contributed by atoms with Gasteiger partial charge in [0.05, 0.1) is 18.7 Å². The summed E-state index contributed by atoms with van der Waals surface area (Å²) in [5, 5.41) is 2.79. The molecule has 1 aromatic rings. The predicted molar refractivity (Wildman–Crippen MR) is 61.0 cm³/mol. The van der Waals surface area contributed by atoms with Gasteiger partial charge in [0.2, 0.25) is 5.91 Å². The average molecular weight is 238 g/mol. The van der Waals surface area contributed by atoms with Crippen LogP contribution < -0.4 is 15.8 Å². The lowest BCUT2D eigenvalue weighted by Crippen LogP contribution is -2.41. The highest BCUT2D eigenvalue weighted by atomic mass is 19.1. The highest BCUT2D eigenvalue weighted by molar-refractivity contribution is 5.81. The summed E-state index contributed by atoms with van der Waals surface area (Å²) >= 11 is 0. The van der Waals surface area contributed by atoms with E-state index in [9.17, 15) is 9.18 Å². The van der Waals surface area contributed by atoms with E-state index in [1.807, 2.05) is 0 Å². The molecule has 1 unspecified atom stereocenters. The van der Waals surface area contributed by atoms with Crippen molar-refractivity contribution in [1.82, 2.24) is 5.32 Å². The lowest BCUT2D eigenvalue weighted by molar-refractivity contribution is -0.122. The SMILES string of the molecule is C[C@@H](N)C(=O)NC1CCOc2ccc(F)cc21. The van der Waals surface area contributed by atoms with Crippen LogP contribution in [-0.4, -0.2) is 18.6 Å². The molecule has 17 heavy (non-hydrogen) atoms. The third-order valence-corrected chi connectivity index (χ3v) is 2.74. The zero-order valence-corrected chi connectivity index (χ0v) is 9.57. The average Bonchev–Trinajstić information content (AvgIpc) is 2.29. The topological polar surface area (TPSA) is 64.4 Å². The quantitative estimate of drug-likeness (QED) is 0.811. The van der Waals surface area contributed by atoms with Crippen LogP contribution in [0.3, 0.4) is 0 Å². The Kier molecular flexibility index (Phi) is 3.28. The zero-order chi connectivity index (χ0) is 12.4. The molecule has 4 nitrogen and oxygen atoms in total. The van der Waals surface area contributed by atoms with Crippen molar-refractivity contribution in [3.05, 3.63) is 29.6 Å². The molecule has 0 fully saturated rings. The summed E-state index contributed by atoms with van der Waals surface area (Å²) in [5.41, 5.74) is 6.16. The minimum absolute atomic E-state index is 0.229. The molecule has 5 heteroatoms. The third-order valence-electron chi connectivity index (χ3n) is 2.74. The number of nitrogens with two attached hydrogens (primary N) is 1. The predicted octanol–water partition coefficient (Wildman–Crippen LogP) is 1.11. The zero-order valence-electron chi connectivity index (χ0n) is 9.57. The van der Waals surface area contributed by atoms with Gasteiger partial charge in [-0.25, -0.2) is 4.39 Å². The van der Waals surface area contributed by atoms with Crippen molar-refractivity contribution in [2.45, 2.75) is 25.4 Å². The van der Waals surface area contributed by atoms with E-state index in [-0.39, 0.29) is 17.8 Å². The first-order valence-electron chi connectivity index (χ1n) is 5.56. The van der Waals surface area contributed by atoms with Crippen molar-refractivity contribution < 1.29 is 13.9 Å². The molecule has 1 aliphatic rings. The number of nitrogens with one attached hydrogen (secondary N) is 1. The number of rotatable bonds is 2. The van der Waals surface area contributed by atoms with Crippen LogP contribution in [0.5, 0.6) is 5.75 Å². The van der Waals surface area contributed by atoms with Crippen LogP contribution in [0, 0.1) is 5.82 Å². The van der Waals surface area contributed by atoms with Gasteiger partial charge in [-0.05, 0) is 25.1 Å². The van der Waals surface area contributed by atoms with E-state index >= 15 is 0 Å². The van der Waals surface area contributed by atoms with E-state index in [2.05, 4.69) is 5.32 Å². The fraction of sp³-hybridized carbons (Fsp3) is 0.417. The Morgan fingerprint density at radius 2 is 2.41 bits per heavy atom. The van der Waals surface area contributed by atoms with E-state index < -0.39 is 6.04 Å². The number of benzene rings is 1. The summed E-state index contributed by atoms with van der Waals surface area (Å²) in [5.74, 6) is 0.0361. The van der Waals surface area contributed by atoms with Crippen molar-refractivity contribution in [3.63, 3.8) is 0 Å². The van der Waals surface area contributed by atoms with Crippen molar-refractivity contribution in [3.8, 4) is 5.75 Å². The van der Waals surface area contributed by atoms with Crippen molar-refractivity contribution in [1.29, 1.82) is 0 Å². The fourth-order valence-corrected chi connectivity index (χ4v) is 1.82. The lowest BCUT2D eigenvalue weighted by Gasteiger charge is -2.27. The molecular weight excluding hydrogens is 223 g/mol. The highest BCUT2D eigenvalue weighted by Gasteiger charge is 2.24. The van der Waals surface area contributed by atoms with Crippen LogP contribution in [-0.2, 0) is 4.79 Å². The minimum Gasteiger partial charge on any atom is -0.493 e. The van der Waals surface area contributed by atoms with Gasteiger partial charge in [-0.1, -0.05) is 0 Å². The van der Waals surface area contributed by atoms with E-state index in [0.717, 1.165) is 0 Å². The number of amides is 1. The Bertz CT molecular complexity index is 435. The number of hydrogen-bond donors (Lipinski definition) is 2. The molecule has 1 aliphatic heterocycles. The standard InChI is InChI=1S/C12H15FN2O2/c1-7(14)12(16)15-10-4-5-17-11-3-2-8(13)6-9(10)11/h2-3,6-7,10H,4-5,14H2,1H3,(H,15,16)/t7-,10?/m1/s1. The second kappa shape index (κ2) is 4.71. The monoisotopic (exact) mass is 238 g/mol. The fourth-order valence-electron chi connectivity index (χ4n) is 1.82. The Labute approximate surface area is 98.9 Å². The molecule has 0 saturated heterocycles. The van der Waals surface area contributed by atoms with Gasteiger partial charge in [0, 0.05) is 12.0 Å². The number of ether oxygens (including phenoxy) is 1. The summed E-state index contributed by atoms with van der Waals surface area (Å²) in [7, 11) is 0. The number of halogens is 1. The van der Waals surface area contributed by atoms with E-state index in [4.69, 9.17) is 10.5 Å². The van der Waals surface area contributed by atoms with Crippen LogP contribution >= 0.6 is 0 Å². The molecule has 1 amide bonds. The number of hydrogen-bond acceptors (Lipinski definition) is 3. The molecule has 0 aliphatic carbocycles. The summed E-state index contributed by atoms with van der Waals surface area (Å²) in [6.45, 7) is 2.11. The second-order valence-corrected chi connectivity index (χ2v) is 4.17. The van der Waals surface area contributed by atoms with Crippen LogP contribution in [0.1, 0.15) is 24.9 Å². The Balaban J connectivity index is 2.22. The summed E-state index contributed by atoms with van der Waals surface area (Å²) in [6.07, 6.45) is 0.620. The van der Waals surface area contributed by atoms with Crippen LogP contribution in [0.2, 0.25) is 0 Å². The highest BCUT2D eigenvalue weighted by Crippen LogP contribution is 2.32. The van der Waals surface area contributed by atoms with Crippen LogP contribution in [0.25, 0.3) is 0 Å². The smallest absolute Gasteiger partial charge is 0.237 e. The van der Waals surface area contributed by atoms with Gasteiger partial charge in [-0.15, -0.1) is 0 Å². The summed E-state index contributed by atoms with van der Waals surface area (Å²) in [4.78, 5) is 11.5. The molecule has 0 spiro atoms. The van der Waals surface area contributed by atoms with Gasteiger partial charge >= 0.3 is 0 Å². The molecule has 0 bridgehead atoms. The van der Waals surface area contributed by atoms with Crippen molar-refractivity contribution in [2.75, 3.05) is 6.61 Å². The first-order valence-corrected chi connectivity index (χ1v) is 5.56. The molecule has 0 saturated carbocycles. The summed E-state index contributed by atoms with van der Waals surface area (Å²) in [6, 6.07) is 3.51. The van der Waals surface area contributed by atoms with Crippen LogP contribution in [0.15, 0.2) is 18.2 Å². The number of carbonyl (C=O) groups excluding carboxylic acids is 1. The maximum atomic E-state index is 13.2. The molecule has 2 rings (SSSR count). The maximum absolute atomic E-state index is 13.2. The van der Waals surface area contributed by atoms with Gasteiger partial charge in [-0.2, -0.15) is 0 Å². The molecule has 2 atom stereocenters. The van der Waals surface area contributed by atoms with E-state index in [1.165, 1.54) is 12.1 Å². The Hall–Kier alpha value is -1.62. The molecule has 1 heterocycles. The maximum Gasteiger partial charge on any atom is 0.237 e. The largest absolute Gasteiger partial charge is 0.493 e. The Morgan fingerprint density at radius 1 is 1.65 bits per heavy atom.